The van der Waals surface area contributed by atoms with Gasteiger partial charge >= 0.3 is 0 Å². The third-order valence-electron chi connectivity index (χ3n) is 4.22. The molecule has 4 rings (SSSR count). The van der Waals surface area contributed by atoms with E-state index in [0.717, 1.165) is 22.5 Å². The quantitative estimate of drug-likeness (QED) is 0.558. The number of nitrogens with two attached hydrogens (primary N) is 1. The van der Waals surface area contributed by atoms with Crippen LogP contribution in [0.5, 0.6) is 0 Å². The summed E-state index contributed by atoms with van der Waals surface area (Å²) >= 11 is 5.98. The molecule has 1 amide bonds. The van der Waals surface area contributed by atoms with Crippen LogP contribution >= 0.6 is 11.6 Å². The number of fused-ring (bicyclic) bond motifs is 1. The number of aromatic nitrogens is 3. The Morgan fingerprint density at radius 1 is 1.07 bits per heavy atom. The fourth-order valence-electron chi connectivity index (χ4n) is 2.87. The summed E-state index contributed by atoms with van der Waals surface area (Å²) in [6.45, 7) is 2.01. The number of carbonyl (C=O) groups excluding carboxylic acids is 1. The summed E-state index contributed by atoms with van der Waals surface area (Å²) in [6, 6.07) is 17.0. The normalized spacial score (nSPS) is 10.9. The van der Waals surface area contributed by atoms with E-state index in [1.165, 1.54) is 0 Å². The highest BCUT2D eigenvalue weighted by Crippen LogP contribution is 2.27. The maximum atomic E-state index is 12.1. The van der Waals surface area contributed by atoms with Crippen molar-refractivity contribution in [1.29, 1.82) is 0 Å². The van der Waals surface area contributed by atoms with Gasteiger partial charge in [-0.1, -0.05) is 41.4 Å². The maximum Gasteiger partial charge on any atom is 0.256 e. The number of rotatable bonds is 4. The van der Waals surface area contributed by atoms with Gasteiger partial charge in [0.25, 0.3) is 5.91 Å². The first-order valence-corrected chi connectivity index (χ1v) is 8.68. The molecule has 0 atom stereocenters. The van der Waals surface area contributed by atoms with Crippen molar-refractivity contribution in [1.82, 2.24) is 14.6 Å². The predicted octanol–water partition coefficient (Wildman–Crippen LogP) is 4.20. The number of nitrogens with one attached hydrogen (secondary N) is 1. The van der Waals surface area contributed by atoms with Crippen molar-refractivity contribution in [3.8, 4) is 11.3 Å². The van der Waals surface area contributed by atoms with Crippen LogP contribution in [0.2, 0.25) is 5.02 Å². The average Bonchev–Trinajstić information content (AvgIpc) is 3.02. The van der Waals surface area contributed by atoms with E-state index in [9.17, 15) is 4.79 Å². The third-order valence-corrected chi connectivity index (χ3v) is 4.47. The fraction of sp³-hybridized carbons (Fsp3) is 0.0500. The number of anilines is 2. The highest BCUT2D eigenvalue weighted by atomic mass is 35.5. The van der Waals surface area contributed by atoms with Crippen LogP contribution < -0.4 is 11.1 Å². The summed E-state index contributed by atoms with van der Waals surface area (Å²) in [4.78, 5) is 16.4. The van der Waals surface area contributed by atoms with Crippen LogP contribution in [-0.2, 0) is 0 Å². The number of hydrogen-bond acceptors (Lipinski definition) is 4. The Morgan fingerprint density at radius 3 is 2.44 bits per heavy atom. The zero-order valence-electron chi connectivity index (χ0n) is 14.5. The second-order valence-corrected chi connectivity index (χ2v) is 6.59. The number of aryl methyl sites for hydroxylation is 1. The van der Waals surface area contributed by atoms with Gasteiger partial charge in [-0.15, -0.1) is 5.10 Å². The van der Waals surface area contributed by atoms with E-state index in [-0.39, 0.29) is 5.56 Å². The highest BCUT2D eigenvalue weighted by molar-refractivity contribution is 6.30. The summed E-state index contributed by atoms with van der Waals surface area (Å²) < 4.78 is 1.61. The molecule has 0 aliphatic heterocycles. The van der Waals surface area contributed by atoms with Crippen molar-refractivity contribution in [3.05, 3.63) is 76.9 Å². The minimum absolute atomic E-state index is 0.242. The summed E-state index contributed by atoms with van der Waals surface area (Å²) in [5, 5.41) is 8.37. The number of halogens is 1. The van der Waals surface area contributed by atoms with Gasteiger partial charge in [0.15, 0.2) is 11.5 Å². The molecule has 4 aromatic rings. The van der Waals surface area contributed by atoms with Gasteiger partial charge in [-0.3, -0.25) is 4.79 Å². The van der Waals surface area contributed by atoms with Gasteiger partial charge in [-0.2, -0.15) is 0 Å². The molecular weight excluding hydrogens is 362 g/mol. The summed E-state index contributed by atoms with van der Waals surface area (Å²) in [7, 11) is 0. The molecule has 0 fully saturated rings. The number of benzene rings is 2. The summed E-state index contributed by atoms with van der Waals surface area (Å²) in [5.41, 5.74) is 9.87. The van der Waals surface area contributed by atoms with Crippen LogP contribution in [0.1, 0.15) is 15.9 Å². The second kappa shape index (κ2) is 6.74. The minimum Gasteiger partial charge on any atom is -0.365 e. The number of carbonyl (C=O) groups is 1. The number of amides is 1. The molecule has 2 aromatic heterocycles. The van der Waals surface area contributed by atoms with E-state index in [0.29, 0.717) is 16.5 Å². The molecule has 0 unspecified atom stereocenters. The van der Waals surface area contributed by atoms with Crippen LogP contribution in [0, 0.1) is 6.92 Å². The fourth-order valence-corrected chi connectivity index (χ4v) is 3.00. The summed E-state index contributed by atoms with van der Waals surface area (Å²) in [6.07, 6.45) is 1.63. The van der Waals surface area contributed by atoms with E-state index in [1.807, 2.05) is 49.4 Å². The molecule has 0 spiro atoms. The van der Waals surface area contributed by atoms with Gasteiger partial charge < -0.3 is 11.1 Å². The van der Waals surface area contributed by atoms with E-state index in [4.69, 9.17) is 17.3 Å². The zero-order valence-corrected chi connectivity index (χ0v) is 15.2. The largest absolute Gasteiger partial charge is 0.365 e. The van der Waals surface area contributed by atoms with Crippen molar-refractivity contribution in [2.24, 2.45) is 5.73 Å². The monoisotopic (exact) mass is 377 g/mol. The van der Waals surface area contributed by atoms with Gasteiger partial charge in [-0.25, -0.2) is 9.50 Å². The first-order valence-electron chi connectivity index (χ1n) is 8.30. The number of hydrogen-bond donors (Lipinski definition) is 2. The zero-order chi connectivity index (χ0) is 19.0. The van der Waals surface area contributed by atoms with E-state index < -0.39 is 5.91 Å². The van der Waals surface area contributed by atoms with Crippen LogP contribution in [-0.4, -0.2) is 20.5 Å². The predicted molar refractivity (Wildman–Crippen MR) is 106 cm³/mol. The Morgan fingerprint density at radius 2 is 1.78 bits per heavy atom. The highest BCUT2D eigenvalue weighted by Gasteiger charge is 2.21. The lowest BCUT2D eigenvalue weighted by Crippen LogP contribution is -2.13. The van der Waals surface area contributed by atoms with Gasteiger partial charge in [0, 0.05) is 22.5 Å². The van der Waals surface area contributed by atoms with Crippen LogP contribution in [0.4, 0.5) is 11.5 Å². The molecule has 27 heavy (non-hydrogen) atoms. The molecule has 0 aliphatic carbocycles. The van der Waals surface area contributed by atoms with Crippen molar-refractivity contribution >= 4 is 34.7 Å². The Bertz CT molecular complexity index is 1130. The first kappa shape index (κ1) is 17.1. The molecule has 7 heteroatoms. The average molecular weight is 378 g/mol. The molecule has 2 aromatic carbocycles. The van der Waals surface area contributed by atoms with Gasteiger partial charge in [-0.05, 0) is 37.3 Å². The minimum atomic E-state index is -0.597. The number of nitrogens with zero attached hydrogens (tertiary/aromatic N) is 3. The molecule has 0 saturated carbocycles. The molecule has 0 saturated heterocycles. The maximum absolute atomic E-state index is 12.1. The van der Waals surface area contributed by atoms with E-state index in [1.54, 1.807) is 22.8 Å². The van der Waals surface area contributed by atoms with Crippen LogP contribution in [0.15, 0.2) is 60.8 Å². The SMILES string of the molecule is Cc1ccc(Nc2nn3c(-c4ccc(Cl)cc4)ccnc3c2C(N)=O)cc1. The van der Waals surface area contributed by atoms with Crippen molar-refractivity contribution in [2.75, 3.05) is 5.32 Å². The topological polar surface area (TPSA) is 85.3 Å². The molecule has 0 radical (unpaired) electrons. The molecular formula is C20H16ClN5O. The Labute approximate surface area is 160 Å². The lowest BCUT2D eigenvalue weighted by atomic mass is 10.1. The van der Waals surface area contributed by atoms with Gasteiger partial charge in [0.2, 0.25) is 0 Å². The lowest BCUT2D eigenvalue weighted by molar-refractivity contribution is 0.100. The first-order chi connectivity index (χ1) is 13.0. The van der Waals surface area contributed by atoms with Crippen LogP contribution in [0.3, 0.4) is 0 Å². The lowest BCUT2D eigenvalue weighted by Gasteiger charge is -2.04. The summed E-state index contributed by atoms with van der Waals surface area (Å²) in [5.74, 6) is -0.236. The smallest absolute Gasteiger partial charge is 0.256 e. The number of primary amides is 1. The van der Waals surface area contributed by atoms with E-state index >= 15 is 0 Å². The Balaban J connectivity index is 1.88. The standard InChI is InChI=1S/C20H16ClN5O/c1-12-2-8-15(9-3-12)24-19-17(18(22)27)20-23-11-10-16(26(20)25-19)13-4-6-14(21)7-5-13/h2-11H,1H3,(H2,22,27)(H,24,25). The molecule has 0 aliphatic rings. The van der Waals surface area contributed by atoms with Crippen molar-refractivity contribution in [2.45, 2.75) is 6.92 Å². The van der Waals surface area contributed by atoms with Crippen LogP contribution in [0.25, 0.3) is 16.9 Å². The molecule has 2 heterocycles. The third kappa shape index (κ3) is 3.22. The Hall–Kier alpha value is -3.38. The van der Waals surface area contributed by atoms with E-state index in [2.05, 4.69) is 15.4 Å². The molecule has 134 valence electrons. The Kier molecular flexibility index (Phi) is 4.25. The molecule has 0 bridgehead atoms. The van der Waals surface area contributed by atoms with Gasteiger partial charge in [0.05, 0.1) is 5.69 Å². The molecule has 3 N–H and O–H groups in total. The second-order valence-electron chi connectivity index (χ2n) is 6.15. The van der Waals surface area contributed by atoms with Gasteiger partial charge in [0.1, 0.15) is 5.56 Å². The molecule has 6 nitrogen and oxygen atoms in total. The van der Waals surface area contributed by atoms with Crippen molar-refractivity contribution < 1.29 is 4.79 Å². The van der Waals surface area contributed by atoms with Crippen molar-refractivity contribution in [3.63, 3.8) is 0 Å².